The Labute approximate surface area is 196 Å². The molecule has 0 aliphatic carbocycles. The second-order valence-corrected chi connectivity index (χ2v) is 8.56. The maximum Gasteiger partial charge on any atom is 0.262 e. The van der Waals surface area contributed by atoms with Crippen molar-refractivity contribution in [1.29, 1.82) is 0 Å². The van der Waals surface area contributed by atoms with E-state index in [1.54, 1.807) is 24.3 Å². The Hall–Kier alpha value is -2.38. The molecule has 2 aromatic rings. The van der Waals surface area contributed by atoms with Crippen LogP contribution < -0.4 is 15.5 Å². The molecule has 0 aromatic heterocycles. The van der Waals surface area contributed by atoms with Crippen molar-refractivity contribution in [2.75, 3.05) is 6.61 Å². The summed E-state index contributed by atoms with van der Waals surface area (Å²) in [5.41, 5.74) is 3.60. The molecule has 1 unspecified atom stereocenters. The smallest absolute Gasteiger partial charge is 0.262 e. The minimum Gasteiger partial charge on any atom is -0.492 e. The lowest BCUT2D eigenvalue weighted by atomic mass is 10.0. The lowest BCUT2D eigenvalue weighted by Crippen LogP contribution is -2.48. The molecule has 0 saturated heterocycles. The average molecular weight is 509 g/mol. The topological polar surface area (TPSA) is 79.8 Å². The third-order valence-corrected chi connectivity index (χ3v) is 5.40. The van der Waals surface area contributed by atoms with Crippen molar-refractivity contribution in [3.8, 4) is 5.75 Å². The first kappa shape index (κ1) is 24.9. The highest BCUT2D eigenvalue weighted by Crippen LogP contribution is 2.25. The number of halogens is 2. The number of carbonyl (C=O) groups excluding carboxylic acids is 2. The molecule has 31 heavy (non-hydrogen) atoms. The van der Waals surface area contributed by atoms with Crippen LogP contribution in [0, 0.1) is 5.92 Å². The van der Waals surface area contributed by atoms with E-state index in [1.165, 1.54) is 6.21 Å². The molecule has 8 heteroatoms. The van der Waals surface area contributed by atoms with Gasteiger partial charge >= 0.3 is 0 Å². The predicted octanol–water partition coefficient (Wildman–Crippen LogP) is 5.19. The Morgan fingerprint density at radius 1 is 1.23 bits per heavy atom. The van der Waals surface area contributed by atoms with Crippen molar-refractivity contribution < 1.29 is 14.3 Å². The van der Waals surface area contributed by atoms with E-state index in [0.717, 1.165) is 28.6 Å². The minimum absolute atomic E-state index is 0.143. The summed E-state index contributed by atoms with van der Waals surface area (Å²) in [4.78, 5) is 25.1. The molecular formula is C23H27BrClN3O3. The van der Waals surface area contributed by atoms with E-state index in [-0.39, 0.29) is 5.92 Å². The molecule has 2 rings (SSSR count). The van der Waals surface area contributed by atoms with Crippen LogP contribution in [0.3, 0.4) is 0 Å². The monoisotopic (exact) mass is 507 g/mol. The summed E-state index contributed by atoms with van der Waals surface area (Å²) in [5, 5.41) is 7.08. The fourth-order valence-electron chi connectivity index (χ4n) is 2.68. The quantitative estimate of drug-likeness (QED) is 0.263. The number of benzene rings is 2. The number of hydrogen-bond acceptors (Lipinski definition) is 4. The first-order chi connectivity index (χ1) is 14.8. The normalized spacial score (nSPS) is 12.1. The molecule has 2 aromatic carbocycles. The molecule has 0 bridgehead atoms. The molecule has 0 saturated carbocycles. The van der Waals surface area contributed by atoms with E-state index < -0.39 is 17.9 Å². The second kappa shape index (κ2) is 12.5. The summed E-state index contributed by atoms with van der Waals surface area (Å²) in [6.45, 7) is 6.46. The van der Waals surface area contributed by atoms with Crippen molar-refractivity contribution >= 4 is 45.6 Å². The number of amides is 2. The molecule has 0 radical (unpaired) electrons. The van der Waals surface area contributed by atoms with Gasteiger partial charge < -0.3 is 10.1 Å². The van der Waals surface area contributed by atoms with Crippen LogP contribution in [0.2, 0.25) is 5.02 Å². The van der Waals surface area contributed by atoms with Gasteiger partial charge in [-0.15, -0.1) is 0 Å². The number of unbranched alkanes of at least 4 members (excludes halogenated alkanes) is 1. The second-order valence-electron chi connectivity index (χ2n) is 7.30. The van der Waals surface area contributed by atoms with E-state index in [9.17, 15) is 9.59 Å². The number of ether oxygens (including phenoxy) is 1. The number of nitrogens with zero attached hydrogens (tertiary/aromatic N) is 1. The van der Waals surface area contributed by atoms with Crippen LogP contribution in [0.4, 0.5) is 0 Å². The first-order valence-corrected chi connectivity index (χ1v) is 11.3. The van der Waals surface area contributed by atoms with Gasteiger partial charge in [-0.1, -0.05) is 50.9 Å². The Balaban J connectivity index is 1.98. The molecule has 6 nitrogen and oxygen atoms in total. The summed E-state index contributed by atoms with van der Waals surface area (Å²) in [7, 11) is 0. The van der Waals surface area contributed by atoms with Gasteiger partial charge in [0.05, 0.1) is 27.9 Å². The predicted molar refractivity (Wildman–Crippen MR) is 128 cm³/mol. The van der Waals surface area contributed by atoms with E-state index in [4.69, 9.17) is 16.3 Å². The summed E-state index contributed by atoms with van der Waals surface area (Å²) in [6, 6.07) is 11.5. The van der Waals surface area contributed by atoms with Crippen LogP contribution in [0.15, 0.2) is 52.0 Å². The number of hydrogen-bond donors (Lipinski definition) is 2. The summed E-state index contributed by atoms with van der Waals surface area (Å²) in [5.74, 6) is -0.205. The van der Waals surface area contributed by atoms with Crippen molar-refractivity contribution in [3.05, 3.63) is 63.1 Å². The maximum atomic E-state index is 12.6. The van der Waals surface area contributed by atoms with Crippen molar-refractivity contribution in [3.63, 3.8) is 0 Å². The molecular weight excluding hydrogens is 482 g/mol. The van der Waals surface area contributed by atoms with E-state index in [2.05, 4.69) is 38.7 Å². The number of nitrogens with one attached hydrogen (secondary N) is 2. The van der Waals surface area contributed by atoms with Crippen LogP contribution in [-0.4, -0.2) is 30.7 Å². The van der Waals surface area contributed by atoms with E-state index in [0.29, 0.717) is 17.2 Å². The third kappa shape index (κ3) is 7.67. The highest BCUT2D eigenvalue weighted by Gasteiger charge is 2.25. The Morgan fingerprint density at radius 2 is 1.97 bits per heavy atom. The Morgan fingerprint density at radius 3 is 2.61 bits per heavy atom. The first-order valence-electron chi connectivity index (χ1n) is 10.1. The molecule has 0 fully saturated rings. The van der Waals surface area contributed by atoms with E-state index in [1.807, 2.05) is 32.0 Å². The zero-order chi connectivity index (χ0) is 22.8. The van der Waals surface area contributed by atoms with Crippen LogP contribution in [0.25, 0.3) is 0 Å². The largest absolute Gasteiger partial charge is 0.492 e. The fourth-order valence-corrected chi connectivity index (χ4v) is 3.41. The van der Waals surface area contributed by atoms with Gasteiger partial charge in [-0.05, 0) is 64.2 Å². The molecule has 0 spiro atoms. The number of rotatable bonds is 10. The average Bonchev–Trinajstić information content (AvgIpc) is 2.73. The zero-order valence-corrected chi connectivity index (χ0v) is 20.2. The zero-order valence-electron chi connectivity index (χ0n) is 17.8. The van der Waals surface area contributed by atoms with Crippen LogP contribution in [0.1, 0.15) is 49.5 Å². The summed E-state index contributed by atoms with van der Waals surface area (Å²) < 4.78 is 6.51. The molecule has 1 atom stereocenters. The number of carbonyl (C=O) groups is 2. The van der Waals surface area contributed by atoms with Gasteiger partial charge in [0.1, 0.15) is 11.8 Å². The Kier molecular flexibility index (Phi) is 10.0. The summed E-state index contributed by atoms with van der Waals surface area (Å²) >= 11 is 9.56. The van der Waals surface area contributed by atoms with Crippen molar-refractivity contribution in [1.82, 2.24) is 10.7 Å². The molecule has 0 heterocycles. The van der Waals surface area contributed by atoms with Crippen LogP contribution >= 0.6 is 27.5 Å². The van der Waals surface area contributed by atoms with Crippen LogP contribution in [0.5, 0.6) is 5.75 Å². The standard InChI is InChI=1S/C23H27BrClN3O3/c1-4-5-12-31-20-11-10-16(13-18(20)24)14-26-28-23(30)21(15(2)3)27-22(29)17-8-6-7-9-19(17)25/h6-11,13-15,21H,4-5,12H2,1-3H3,(H,27,29)(H,28,30)/b26-14+. The number of hydrazone groups is 1. The third-order valence-electron chi connectivity index (χ3n) is 4.45. The van der Waals surface area contributed by atoms with Crippen LogP contribution in [-0.2, 0) is 4.79 Å². The fraction of sp³-hybridized carbons (Fsp3) is 0.348. The SMILES string of the molecule is CCCCOc1ccc(/C=N/NC(=O)C(NC(=O)c2ccccc2Cl)C(C)C)cc1Br. The molecule has 2 amide bonds. The molecule has 2 N–H and O–H groups in total. The molecule has 166 valence electrons. The van der Waals surface area contributed by atoms with Gasteiger partial charge in [0.15, 0.2) is 0 Å². The van der Waals surface area contributed by atoms with Gasteiger partial charge in [-0.2, -0.15) is 5.10 Å². The Bertz CT molecular complexity index is 934. The highest BCUT2D eigenvalue weighted by molar-refractivity contribution is 9.10. The van der Waals surface area contributed by atoms with Gasteiger partial charge in [-0.3, -0.25) is 9.59 Å². The van der Waals surface area contributed by atoms with Gasteiger partial charge in [0.2, 0.25) is 0 Å². The molecule has 0 aliphatic heterocycles. The van der Waals surface area contributed by atoms with E-state index >= 15 is 0 Å². The lowest BCUT2D eigenvalue weighted by Gasteiger charge is -2.20. The minimum atomic E-state index is -0.762. The van der Waals surface area contributed by atoms with Gasteiger partial charge in [0.25, 0.3) is 11.8 Å². The van der Waals surface area contributed by atoms with Gasteiger partial charge in [-0.25, -0.2) is 5.43 Å². The maximum absolute atomic E-state index is 12.6. The van der Waals surface area contributed by atoms with Crippen molar-refractivity contribution in [2.24, 2.45) is 11.0 Å². The van der Waals surface area contributed by atoms with Gasteiger partial charge in [0, 0.05) is 0 Å². The molecule has 0 aliphatic rings. The van der Waals surface area contributed by atoms with Crippen molar-refractivity contribution in [2.45, 2.75) is 39.7 Å². The lowest BCUT2D eigenvalue weighted by molar-refractivity contribution is -0.123. The highest BCUT2D eigenvalue weighted by atomic mass is 79.9. The summed E-state index contributed by atoms with van der Waals surface area (Å²) in [6.07, 6.45) is 3.59.